The minimum absolute atomic E-state index is 0.0810. The molecule has 0 amide bonds. The van der Waals surface area contributed by atoms with E-state index in [1.165, 1.54) is 6.07 Å². The Morgan fingerprint density at radius 2 is 1.95 bits per heavy atom. The van der Waals surface area contributed by atoms with Crippen LogP contribution in [0.3, 0.4) is 0 Å². The van der Waals surface area contributed by atoms with E-state index >= 15 is 0 Å². The summed E-state index contributed by atoms with van der Waals surface area (Å²) in [5.74, 6) is 1.09. The fourth-order valence-electron chi connectivity index (χ4n) is 1.54. The van der Waals surface area contributed by atoms with Crippen LogP contribution in [0.5, 0.6) is 5.75 Å². The number of nitrogens with zero attached hydrogens (tertiary/aromatic N) is 2. The highest BCUT2D eigenvalue weighted by Crippen LogP contribution is 2.24. The summed E-state index contributed by atoms with van der Waals surface area (Å²) in [7, 11) is 1.58. The molecule has 2 rings (SSSR count). The largest absolute Gasteiger partial charge is 0.486 e. The van der Waals surface area contributed by atoms with Crippen LogP contribution in [-0.4, -0.2) is 18.4 Å². The third-order valence-electron chi connectivity index (χ3n) is 2.40. The zero-order valence-electron chi connectivity index (χ0n) is 10.1. The van der Waals surface area contributed by atoms with Crippen molar-refractivity contribution in [1.82, 2.24) is 9.97 Å². The van der Waals surface area contributed by atoms with Crippen molar-refractivity contribution in [3.8, 4) is 5.75 Å². The molecule has 100 valence electrons. The Morgan fingerprint density at radius 3 is 2.53 bits per heavy atom. The molecule has 0 unspecified atom stereocenters. The second kappa shape index (κ2) is 5.54. The minimum atomic E-state index is -3.73. The van der Waals surface area contributed by atoms with Crippen molar-refractivity contribution in [3.05, 3.63) is 48.0 Å². The monoisotopic (exact) mass is 298 g/mol. The predicted octanol–water partition coefficient (Wildman–Crippen LogP) is 2.29. The molecule has 7 heteroatoms. The fourth-order valence-corrected chi connectivity index (χ4v) is 2.73. The molecule has 1 aromatic carbocycles. The molecular weight excluding hydrogens is 288 g/mol. The number of benzene rings is 1. The first-order valence-corrected chi connectivity index (χ1v) is 7.72. The van der Waals surface area contributed by atoms with Crippen LogP contribution in [0.15, 0.2) is 41.6 Å². The second-order valence-corrected chi connectivity index (χ2v) is 6.35. The van der Waals surface area contributed by atoms with Gasteiger partial charge in [0.2, 0.25) is 0 Å². The molecule has 0 fully saturated rings. The minimum Gasteiger partial charge on any atom is -0.486 e. The van der Waals surface area contributed by atoms with E-state index in [0.29, 0.717) is 17.1 Å². The number of aryl methyl sites for hydroxylation is 1. The van der Waals surface area contributed by atoms with Gasteiger partial charge < -0.3 is 4.74 Å². The number of halogens is 1. The summed E-state index contributed by atoms with van der Waals surface area (Å²) in [5.41, 5.74) is 0.529. The predicted molar refractivity (Wildman–Crippen MR) is 70.6 cm³/mol. The SMILES string of the molecule is Cc1cc(OCc2ncccn2)ccc1S(=O)(=O)Cl. The Morgan fingerprint density at radius 1 is 1.26 bits per heavy atom. The van der Waals surface area contributed by atoms with Crippen LogP contribution in [0.1, 0.15) is 11.4 Å². The van der Waals surface area contributed by atoms with Gasteiger partial charge in [-0.3, -0.25) is 0 Å². The summed E-state index contributed by atoms with van der Waals surface area (Å²) in [6.45, 7) is 1.87. The van der Waals surface area contributed by atoms with Crippen molar-refractivity contribution < 1.29 is 13.2 Å². The van der Waals surface area contributed by atoms with Crippen LogP contribution < -0.4 is 4.74 Å². The first kappa shape index (κ1) is 13.8. The third kappa shape index (κ3) is 3.65. The molecule has 1 aromatic heterocycles. The summed E-state index contributed by atoms with van der Waals surface area (Å²) in [5, 5.41) is 0. The van der Waals surface area contributed by atoms with Gasteiger partial charge in [0.1, 0.15) is 12.4 Å². The number of ether oxygens (including phenoxy) is 1. The van der Waals surface area contributed by atoms with Gasteiger partial charge in [0.05, 0.1) is 4.90 Å². The third-order valence-corrected chi connectivity index (χ3v) is 3.88. The lowest BCUT2D eigenvalue weighted by atomic mass is 10.2. The quantitative estimate of drug-likeness (QED) is 0.810. The molecule has 5 nitrogen and oxygen atoms in total. The normalized spacial score (nSPS) is 11.3. The molecular formula is C12H11ClN2O3S. The van der Waals surface area contributed by atoms with Gasteiger partial charge in [-0.1, -0.05) is 0 Å². The molecule has 2 aromatic rings. The van der Waals surface area contributed by atoms with Gasteiger partial charge in [0, 0.05) is 23.1 Å². The maximum atomic E-state index is 11.2. The number of aromatic nitrogens is 2. The summed E-state index contributed by atoms with van der Waals surface area (Å²) < 4.78 is 28.0. The van der Waals surface area contributed by atoms with Crippen molar-refractivity contribution >= 4 is 19.7 Å². The van der Waals surface area contributed by atoms with Crippen LogP contribution in [0.4, 0.5) is 0 Å². The molecule has 0 spiro atoms. The molecule has 0 bridgehead atoms. The van der Waals surface area contributed by atoms with Crippen molar-refractivity contribution in [3.63, 3.8) is 0 Å². The van der Waals surface area contributed by atoms with E-state index in [4.69, 9.17) is 15.4 Å². The molecule has 0 aliphatic carbocycles. The number of hydrogen-bond acceptors (Lipinski definition) is 5. The van der Waals surface area contributed by atoms with Crippen molar-refractivity contribution in [2.75, 3.05) is 0 Å². The van der Waals surface area contributed by atoms with Gasteiger partial charge >= 0.3 is 0 Å². The van der Waals surface area contributed by atoms with Crippen molar-refractivity contribution in [1.29, 1.82) is 0 Å². The number of hydrogen-bond donors (Lipinski definition) is 0. The average molecular weight is 299 g/mol. The fraction of sp³-hybridized carbons (Fsp3) is 0.167. The average Bonchev–Trinajstić information content (AvgIpc) is 2.36. The molecule has 19 heavy (non-hydrogen) atoms. The lowest BCUT2D eigenvalue weighted by Gasteiger charge is -2.07. The maximum Gasteiger partial charge on any atom is 0.261 e. The summed E-state index contributed by atoms with van der Waals surface area (Å²) in [6.07, 6.45) is 3.25. The van der Waals surface area contributed by atoms with Crippen molar-refractivity contribution in [2.45, 2.75) is 18.4 Å². The van der Waals surface area contributed by atoms with Crippen LogP contribution in [-0.2, 0) is 15.7 Å². The van der Waals surface area contributed by atoms with Crippen molar-refractivity contribution in [2.24, 2.45) is 0 Å². The molecule has 1 heterocycles. The highest BCUT2D eigenvalue weighted by atomic mass is 35.7. The summed E-state index contributed by atoms with van der Waals surface area (Å²) in [6, 6.07) is 6.29. The maximum absolute atomic E-state index is 11.2. The van der Waals surface area contributed by atoms with Gasteiger partial charge in [-0.2, -0.15) is 0 Å². The van der Waals surface area contributed by atoms with Crippen LogP contribution in [0, 0.1) is 6.92 Å². The van der Waals surface area contributed by atoms with E-state index in [2.05, 4.69) is 9.97 Å². The van der Waals surface area contributed by atoms with Gasteiger partial charge in [-0.15, -0.1) is 0 Å². The first-order chi connectivity index (χ1) is 8.97. The Kier molecular flexibility index (Phi) is 4.01. The van der Waals surface area contributed by atoms with Gasteiger partial charge in [0.25, 0.3) is 9.05 Å². The molecule has 0 radical (unpaired) electrons. The smallest absolute Gasteiger partial charge is 0.261 e. The molecule has 0 aliphatic heterocycles. The summed E-state index contributed by atoms with van der Waals surface area (Å²) in [4.78, 5) is 8.12. The molecule has 0 saturated carbocycles. The van der Waals surface area contributed by atoms with E-state index in [-0.39, 0.29) is 11.5 Å². The van der Waals surface area contributed by atoms with Gasteiger partial charge in [-0.25, -0.2) is 18.4 Å². The highest BCUT2D eigenvalue weighted by molar-refractivity contribution is 8.13. The Bertz CT molecular complexity index is 675. The van der Waals surface area contributed by atoms with E-state index in [1.807, 2.05) is 0 Å². The molecule has 0 saturated heterocycles. The molecule has 0 aliphatic rings. The van der Waals surface area contributed by atoms with Crippen LogP contribution in [0.2, 0.25) is 0 Å². The second-order valence-electron chi connectivity index (χ2n) is 3.82. The van der Waals surface area contributed by atoms with E-state index in [0.717, 1.165) is 0 Å². The molecule has 0 atom stereocenters. The van der Waals surface area contributed by atoms with Crippen LogP contribution >= 0.6 is 10.7 Å². The standard InChI is InChI=1S/C12H11ClN2O3S/c1-9-7-10(3-4-11(9)19(13,16)17)18-8-12-14-5-2-6-15-12/h2-7H,8H2,1H3. The Balaban J connectivity index is 2.13. The number of rotatable bonds is 4. The lowest BCUT2D eigenvalue weighted by Crippen LogP contribution is -2.01. The highest BCUT2D eigenvalue weighted by Gasteiger charge is 2.13. The zero-order valence-corrected chi connectivity index (χ0v) is 11.6. The van der Waals surface area contributed by atoms with E-state index in [9.17, 15) is 8.42 Å². The van der Waals surface area contributed by atoms with E-state index in [1.54, 1.807) is 37.5 Å². The van der Waals surface area contributed by atoms with E-state index < -0.39 is 9.05 Å². The zero-order chi connectivity index (χ0) is 13.9. The Hall–Kier alpha value is -1.66. The topological polar surface area (TPSA) is 69.2 Å². The van der Waals surface area contributed by atoms with Gasteiger partial charge in [0.15, 0.2) is 5.82 Å². The van der Waals surface area contributed by atoms with Gasteiger partial charge in [-0.05, 0) is 36.8 Å². The summed E-state index contributed by atoms with van der Waals surface area (Å²) >= 11 is 0. The first-order valence-electron chi connectivity index (χ1n) is 5.41. The van der Waals surface area contributed by atoms with Crippen LogP contribution in [0.25, 0.3) is 0 Å². The Labute approximate surface area is 115 Å². The molecule has 0 N–H and O–H groups in total. The lowest BCUT2D eigenvalue weighted by molar-refractivity contribution is 0.295.